The molecule has 1 saturated heterocycles. The summed E-state index contributed by atoms with van der Waals surface area (Å²) in [7, 11) is 0. The number of ether oxygens (including phenoxy) is 1. The van der Waals surface area contributed by atoms with Crippen molar-refractivity contribution in [1.82, 2.24) is 5.06 Å². The van der Waals surface area contributed by atoms with Crippen molar-refractivity contribution in [3.8, 4) is 0 Å². The summed E-state index contributed by atoms with van der Waals surface area (Å²) in [6, 6.07) is 0. The van der Waals surface area contributed by atoms with Crippen molar-refractivity contribution < 1.29 is 19.5 Å². The van der Waals surface area contributed by atoms with Crippen molar-refractivity contribution in [2.45, 2.75) is 6.10 Å². The van der Waals surface area contributed by atoms with Crippen molar-refractivity contribution >= 4 is 6.09 Å². The predicted octanol–water partition coefficient (Wildman–Crippen LogP) is -0.0829. The first-order chi connectivity index (χ1) is 5.74. The lowest BCUT2D eigenvalue weighted by atomic mass is 10.4. The topological polar surface area (TPSA) is 59.0 Å². The minimum Gasteiger partial charge on any atom is -0.444 e. The zero-order chi connectivity index (χ0) is 8.97. The van der Waals surface area contributed by atoms with Crippen LogP contribution in [0.25, 0.3) is 0 Å². The molecule has 0 aromatic rings. The summed E-state index contributed by atoms with van der Waals surface area (Å²) in [6.45, 7) is 3.84. The molecule has 12 heavy (non-hydrogen) atoms. The van der Waals surface area contributed by atoms with E-state index in [1.165, 1.54) is 6.08 Å². The molecule has 5 heteroatoms. The van der Waals surface area contributed by atoms with Crippen molar-refractivity contribution in [2.75, 3.05) is 19.8 Å². The van der Waals surface area contributed by atoms with Gasteiger partial charge in [-0.1, -0.05) is 12.7 Å². The molecule has 0 spiro atoms. The Morgan fingerprint density at radius 3 is 3.17 bits per heavy atom. The van der Waals surface area contributed by atoms with E-state index in [1.54, 1.807) is 0 Å². The molecule has 0 aromatic carbocycles. The molecular formula is C7H11NO4. The average Bonchev–Trinajstić information content (AvgIpc) is 2.47. The largest absolute Gasteiger partial charge is 0.444 e. The minimum atomic E-state index is -0.610. The quantitative estimate of drug-likeness (QED) is 0.593. The van der Waals surface area contributed by atoms with Crippen LogP contribution in [0.15, 0.2) is 12.7 Å². The number of carbonyl (C=O) groups excluding carboxylic acids is 1. The normalized spacial score (nSPS) is 22.4. The highest BCUT2D eigenvalue weighted by molar-refractivity contribution is 5.66. The molecule has 1 unspecified atom stereocenters. The van der Waals surface area contributed by atoms with Crippen LogP contribution < -0.4 is 0 Å². The van der Waals surface area contributed by atoms with Gasteiger partial charge in [0.05, 0.1) is 6.54 Å². The Morgan fingerprint density at radius 2 is 2.67 bits per heavy atom. The van der Waals surface area contributed by atoms with Gasteiger partial charge >= 0.3 is 6.09 Å². The summed E-state index contributed by atoms with van der Waals surface area (Å²) in [5.74, 6) is 0. The number of nitrogens with zero attached hydrogens (tertiary/aromatic N) is 1. The van der Waals surface area contributed by atoms with Gasteiger partial charge < -0.3 is 9.84 Å². The number of hydrogen-bond acceptors (Lipinski definition) is 4. The second-order valence-electron chi connectivity index (χ2n) is 2.38. The van der Waals surface area contributed by atoms with Gasteiger partial charge in [-0.25, -0.2) is 4.79 Å². The third kappa shape index (κ3) is 2.21. The van der Waals surface area contributed by atoms with Crippen LogP contribution in [0.5, 0.6) is 0 Å². The molecule has 68 valence electrons. The Kier molecular flexibility index (Phi) is 3.07. The van der Waals surface area contributed by atoms with Crippen LogP contribution >= 0.6 is 0 Å². The molecule has 1 aliphatic heterocycles. The lowest BCUT2D eigenvalue weighted by Gasteiger charge is -2.12. The Bertz CT molecular complexity index is 182. The third-order valence-electron chi connectivity index (χ3n) is 1.33. The first kappa shape index (κ1) is 9.02. The second-order valence-corrected chi connectivity index (χ2v) is 2.38. The third-order valence-corrected chi connectivity index (χ3v) is 1.33. The van der Waals surface area contributed by atoms with Crippen LogP contribution in [0.1, 0.15) is 0 Å². The molecule has 0 saturated carbocycles. The Morgan fingerprint density at radius 1 is 1.92 bits per heavy atom. The van der Waals surface area contributed by atoms with Gasteiger partial charge in [0, 0.05) is 0 Å². The van der Waals surface area contributed by atoms with Crippen LogP contribution in [0, 0.1) is 0 Å². The smallest absolute Gasteiger partial charge is 0.434 e. The highest BCUT2D eigenvalue weighted by Crippen LogP contribution is 2.06. The Hall–Kier alpha value is -1.07. The fourth-order valence-corrected chi connectivity index (χ4v) is 0.802. The Labute approximate surface area is 70.1 Å². The number of hydrogen-bond donors (Lipinski definition) is 1. The number of aliphatic hydroxyl groups excluding tert-OH is 1. The summed E-state index contributed by atoms with van der Waals surface area (Å²) < 4.78 is 4.66. The van der Waals surface area contributed by atoms with Crippen LogP contribution in [0.4, 0.5) is 4.79 Å². The van der Waals surface area contributed by atoms with Crippen LogP contribution in [0.2, 0.25) is 0 Å². The van der Waals surface area contributed by atoms with Gasteiger partial charge in [0.15, 0.2) is 0 Å². The summed E-state index contributed by atoms with van der Waals surface area (Å²) in [4.78, 5) is 15.8. The van der Waals surface area contributed by atoms with Crippen LogP contribution in [-0.2, 0) is 9.57 Å². The van der Waals surface area contributed by atoms with Crippen LogP contribution in [0.3, 0.4) is 0 Å². The monoisotopic (exact) mass is 173 g/mol. The van der Waals surface area contributed by atoms with Crippen molar-refractivity contribution in [3.05, 3.63) is 12.7 Å². The fraction of sp³-hybridized carbons (Fsp3) is 0.571. The van der Waals surface area contributed by atoms with Gasteiger partial charge in [-0.15, -0.1) is 0 Å². The standard InChI is InChI=1S/C7H11NO4/c1-2-3-11-7(10)8-4-6(9)5-12-8/h2,6,9H,1,3-5H2. The maximum absolute atomic E-state index is 11.0. The zero-order valence-electron chi connectivity index (χ0n) is 6.60. The van der Waals surface area contributed by atoms with Crippen LogP contribution in [-0.4, -0.2) is 42.1 Å². The molecule has 1 N–H and O–H groups in total. The first-order valence-corrected chi connectivity index (χ1v) is 3.60. The molecule has 1 atom stereocenters. The van der Waals surface area contributed by atoms with E-state index in [4.69, 9.17) is 9.94 Å². The fourth-order valence-electron chi connectivity index (χ4n) is 0.802. The van der Waals surface area contributed by atoms with E-state index < -0.39 is 12.2 Å². The zero-order valence-corrected chi connectivity index (χ0v) is 6.60. The van der Waals surface area contributed by atoms with Gasteiger partial charge in [0.25, 0.3) is 0 Å². The summed E-state index contributed by atoms with van der Waals surface area (Å²) in [5.41, 5.74) is 0. The first-order valence-electron chi connectivity index (χ1n) is 3.60. The number of carbonyl (C=O) groups is 1. The number of hydroxylamine groups is 2. The van der Waals surface area contributed by atoms with Gasteiger partial charge in [-0.05, 0) is 0 Å². The predicted molar refractivity (Wildman–Crippen MR) is 40.2 cm³/mol. The minimum absolute atomic E-state index is 0.142. The highest BCUT2D eigenvalue weighted by atomic mass is 16.7. The summed E-state index contributed by atoms with van der Waals surface area (Å²) in [5, 5.41) is 9.97. The SMILES string of the molecule is C=CCOC(=O)N1CC(O)CO1. The molecular weight excluding hydrogens is 162 g/mol. The molecule has 1 rings (SSSR count). The maximum atomic E-state index is 11.0. The average molecular weight is 173 g/mol. The molecule has 1 amide bonds. The molecule has 0 radical (unpaired) electrons. The van der Waals surface area contributed by atoms with E-state index in [-0.39, 0.29) is 19.8 Å². The van der Waals surface area contributed by atoms with E-state index in [2.05, 4.69) is 11.3 Å². The molecule has 1 aliphatic rings. The molecule has 1 fully saturated rings. The maximum Gasteiger partial charge on any atom is 0.434 e. The van der Waals surface area contributed by atoms with Crippen molar-refractivity contribution in [2.24, 2.45) is 0 Å². The molecule has 0 aliphatic carbocycles. The lowest BCUT2D eigenvalue weighted by Crippen LogP contribution is -2.29. The molecule has 5 nitrogen and oxygen atoms in total. The number of amides is 1. The van der Waals surface area contributed by atoms with Gasteiger partial charge in [0.1, 0.15) is 19.3 Å². The second kappa shape index (κ2) is 4.08. The number of β-amino-alcohol motifs (C(OH)–C–C–N with tert-alkyl or cyclic N) is 1. The van der Waals surface area contributed by atoms with E-state index in [0.29, 0.717) is 0 Å². The van der Waals surface area contributed by atoms with Crippen molar-refractivity contribution in [3.63, 3.8) is 0 Å². The molecule has 0 bridgehead atoms. The Balaban J connectivity index is 2.28. The molecule has 1 heterocycles. The van der Waals surface area contributed by atoms with E-state index in [9.17, 15) is 4.79 Å². The number of aliphatic hydroxyl groups is 1. The summed E-state index contributed by atoms with van der Waals surface area (Å²) >= 11 is 0. The van der Waals surface area contributed by atoms with Gasteiger partial charge in [-0.2, -0.15) is 5.06 Å². The lowest BCUT2D eigenvalue weighted by molar-refractivity contribution is -0.0904. The van der Waals surface area contributed by atoms with Gasteiger partial charge in [0.2, 0.25) is 0 Å². The van der Waals surface area contributed by atoms with Gasteiger partial charge in [-0.3, -0.25) is 4.84 Å². The number of rotatable bonds is 2. The van der Waals surface area contributed by atoms with E-state index in [0.717, 1.165) is 5.06 Å². The van der Waals surface area contributed by atoms with E-state index >= 15 is 0 Å². The molecule has 0 aromatic heterocycles. The highest BCUT2D eigenvalue weighted by Gasteiger charge is 2.26. The summed E-state index contributed by atoms with van der Waals surface area (Å²) in [6.07, 6.45) is 0.262. The van der Waals surface area contributed by atoms with Crippen molar-refractivity contribution in [1.29, 1.82) is 0 Å². The van der Waals surface area contributed by atoms with E-state index in [1.807, 2.05) is 0 Å².